The molecule has 0 aromatic heterocycles. The number of aryl methyl sites for hydroxylation is 1. The van der Waals surface area contributed by atoms with Gasteiger partial charge in [-0.15, -0.1) is 0 Å². The van der Waals surface area contributed by atoms with E-state index in [0.29, 0.717) is 16.0 Å². The highest BCUT2D eigenvalue weighted by Gasteiger charge is 2.05. The van der Waals surface area contributed by atoms with Crippen LogP contribution in [-0.4, -0.2) is 11.1 Å². The van der Waals surface area contributed by atoms with Crippen molar-refractivity contribution in [1.82, 2.24) is 0 Å². The predicted octanol–water partition coefficient (Wildman–Crippen LogP) is 4.79. The third-order valence-electron chi connectivity index (χ3n) is 2.74. The molecule has 0 unspecified atom stereocenters. The first kappa shape index (κ1) is 15.3. The average Bonchev–Trinajstić information content (AvgIpc) is 2.43. The molecule has 0 bridgehead atoms. The number of benzene rings is 2. The van der Waals surface area contributed by atoms with Gasteiger partial charge >= 0.3 is 5.97 Å². The number of carbonyl (C=O) groups is 1. The van der Waals surface area contributed by atoms with E-state index < -0.39 is 11.8 Å². The summed E-state index contributed by atoms with van der Waals surface area (Å²) >= 11 is 3.08. The van der Waals surface area contributed by atoms with E-state index in [-0.39, 0.29) is 0 Å². The van der Waals surface area contributed by atoms with Crippen LogP contribution in [-0.2, 0) is 4.79 Å². The lowest BCUT2D eigenvalue weighted by molar-refractivity contribution is -0.131. The standard InChI is InChI=1S/C16H12BrFO3/c1-10-8-11(3-7-16(19)20)2-6-15(10)21-12-4-5-13(17)14(18)9-12/h2-9H,1H3,(H,19,20). The Hall–Kier alpha value is -2.14. The summed E-state index contributed by atoms with van der Waals surface area (Å²) in [6.07, 6.45) is 2.57. The Balaban J connectivity index is 2.21. The molecule has 5 heteroatoms. The molecule has 0 aliphatic heterocycles. The van der Waals surface area contributed by atoms with Crippen LogP contribution >= 0.6 is 15.9 Å². The summed E-state index contributed by atoms with van der Waals surface area (Å²) in [4.78, 5) is 10.5. The zero-order valence-electron chi connectivity index (χ0n) is 11.1. The van der Waals surface area contributed by atoms with E-state index in [0.717, 1.165) is 17.2 Å². The molecule has 0 saturated carbocycles. The lowest BCUT2D eigenvalue weighted by Gasteiger charge is -2.09. The first-order chi connectivity index (χ1) is 9.95. The van der Waals surface area contributed by atoms with Gasteiger partial charge in [-0.2, -0.15) is 0 Å². The smallest absolute Gasteiger partial charge is 0.328 e. The van der Waals surface area contributed by atoms with Gasteiger partial charge in [0.2, 0.25) is 0 Å². The van der Waals surface area contributed by atoms with E-state index in [9.17, 15) is 9.18 Å². The van der Waals surface area contributed by atoms with E-state index in [2.05, 4.69) is 15.9 Å². The van der Waals surface area contributed by atoms with Gasteiger partial charge in [0.05, 0.1) is 4.47 Å². The van der Waals surface area contributed by atoms with Gasteiger partial charge in [0, 0.05) is 12.1 Å². The molecule has 21 heavy (non-hydrogen) atoms. The van der Waals surface area contributed by atoms with Crippen molar-refractivity contribution in [2.45, 2.75) is 6.92 Å². The second-order valence-electron chi connectivity index (χ2n) is 4.37. The van der Waals surface area contributed by atoms with Crippen LogP contribution in [0.25, 0.3) is 6.08 Å². The second-order valence-corrected chi connectivity index (χ2v) is 5.23. The molecule has 0 aliphatic rings. The van der Waals surface area contributed by atoms with Crippen molar-refractivity contribution in [2.24, 2.45) is 0 Å². The summed E-state index contributed by atoms with van der Waals surface area (Å²) in [6, 6.07) is 9.77. The Kier molecular flexibility index (Phi) is 4.75. The molecule has 2 aromatic carbocycles. The van der Waals surface area contributed by atoms with Crippen molar-refractivity contribution in [3.63, 3.8) is 0 Å². The SMILES string of the molecule is Cc1cc(C=CC(=O)O)ccc1Oc1ccc(Br)c(F)c1. The lowest BCUT2D eigenvalue weighted by Crippen LogP contribution is -1.90. The Morgan fingerprint density at radius 3 is 2.67 bits per heavy atom. The van der Waals surface area contributed by atoms with E-state index >= 15 is 0 Å². The van der Waals surface area contributed by atoms with Crippen LogP contribution in [0.5, 0.6) is 11.5 Å². The van der Waals surface area contributed by atoms with Gasteiger partial charge in [0.25, 0.3) is 0 Å². The highest BCUT2D eigenvalue weighted by atomic mass is 79.9. The van der Waals surface area contributed by atoms with Gasteiger partial charge in [-0.1, -0.05) is 6.07 Å². The quantitative estimate of drug-likeness (QED) is 0.806. The number of hydrogen-bond donors (Lipinski definition) is 1. The summed E-state index contributed by atoms with van der Waals surface area (Å²) in [5.74, 6) is -0.415. The highest BCUT2D eigenvalue weighted by Crippen LogP contribution is 2.28. The van der Waals surface area contributed by atoms with E-state index in [1.165, 1.54) is 12.1 Å². The minimum atomic E-state index is -1.00. The maximum absolute atomic E-state index is 13.4. The fourth-order valence-electron chi connectivity index (χ4n) is 1.73. The minimum absolute atomic E-state index is 0.376. The monoisotopic (exact) mass is 350 g/mol. The molecule has 108 valence electrons. The van der Waals surface area contributed by atoms with Crippen LogP contribution in [0.2, 0.25) is 0 Å². The van der Waals surface area contributed by atoms with E-state index in [1.54, 1.807) is 30.3 Å². The molecule has 2 rings (SSSR count). The van der Waals surface area contributed by atoms with Crippen LogP contribution in [0.4, 0.5) is 4.39 Å². The van der Waals surface area contributed by atoms with Crippen LogP contribution in [0.15, 0.2) is 46.9 Å². The topological polar surface area (TPSA) is 46.5 Å². The molecular weight excluding hydrogens is 339 g/mol. The van der Waals surface area contributed by atoms with E-state index in [4.69, 9.17) is 9.84 Å². The third kappa shape index (κ3) is 4.16. The summed E-state index contributed by atoms with van der Waals surface area (Å²) in [5, 5.41) is 8.59. The van der Waals surface area contributed by atoms with Gasteiger partial charge in [-0.3, -0.25) is 0 Å². The Morgan fingerprint density at radius 1 is 1.29 bits per heavy atom. The minimum Gasteiger partial charge on any atom is -0.478 e. The number of carboxylic acid groups (broad SMARTS) is 1. The fourth-order valence-corrected chi connectivity index (χ4v) is 1.97. The summed E-state index contributed by atoms with van der Waals surface area (Å²) in [7, 11) is 0. The Morgan fingerprint density at radius 2 is 2.05 bits per heavy atom. The van der Waals surface area contributed by atoms with E-state index in [1.807, 2.05) is 6.92 Å². The molecule has 2 aromatic rings. The zero-order valence-corrected chi connectivity index (χ0v) is 12.7. The van der Waals surface area contributed by atoms with Gasteiger partial charge in [-0.05, 0) is 64.3 Å². The van der Waals surface area contributed by atoms with Gasteiger partial charge < -0.3 is 9.84 Å². The van der Waals surface area contributed by atoms with Gasteiger partial charge in [-0.25, -0.2) is 9.18 Å². The van der Waals surface area contributed by atoms with Crippen LogP contribution in [0.3, 0.4) is 0 Å². The summed E-state index contributed by atoms with van der Waals surface area (Å²) in [5.41, 5.74) is 1.58. The number of ether oxygens (including phenoxy) is 1. The van der Waals surface area contributed by atoms with Gasteiger partial charge in [0.1, 0.15) is 17.3 Å². The molecule has 0 amide bonds. The number of halogens is 2. The molecule has 0 fully saturated rings. The second kappa shape index (κ2) is 6.54. The van der Waals surface area contributed by atoms with Crippen molar-refractivity contribution < 1.29 is 19.0 Å². The van der Waals surface area contributed by atoms with Gasteiger partial charge in [0.15, 0.2) is 0 Å². The number of rotatable bonds is 4. The highest BCUT2D eigenvalue weighted by molar-refractivity contribution is 9.10. The van der Waals surface area contributed by atoms with Crippen molar-refractivity contribution in [1.29, 1.82) is 0 Å². The zero-order chi connectivity index (χ0) is 15.4. The molecule has 1 N–H and O–H groups in total. The maximum Gasteiger partial charge on any atom is 0.328 e. The maximum atomic E-state index is 13.4. The Labute approximate surface area is 129 Å². The van der Waals surface area contributed by atoms with Crippen LogP contribution < -0.4 is 4.74 Å². The summed E-state index contributed by atoms with van der Waals surface area (Å²) < 4.78 is 19.4. The van der Waals surface area contributed by atoms with Crippen molar-refractivity contribution in [2.75, 3.05) is 0 Å². The predicted molar refractivity (Wildman–Crippen MR) is 82.0 cm³/mol. The largest absolute Gasteiger partial charge is 0.478 e. The number of hydrogen-bond acceptors (Lipinski definition) is 2. The van der Waals surface area contributed by atoms with Crippen molar-refractivity contribution >= 4 is 28.0 Å². The molecule has 3 nitrogen and oxygen atoms in total. The number of aliphatic carboxylic acids is 1. The Bertz CT molecular complexity index is 711. The molecule has 0 radical (unpaired) electrons. The molecule has 0 spiro atoms. The summed E-state index contributed by atoms with van der Waals surface area (Å²) in [6.45, 7) is 1.84. The first-order valence-corrected chi connectivity index (χ1v) is 6.89. The average molecular weight is 351 g/mol. The fraction of sp³-hybridized carbons (Fsp3) is 0.0625. The van der Waals surface area contributed by atoms with Crippen molar-refractivity contribution in [3.05, 3.63) is 63.9 Å². The lowest BCUT2D eigenvalue weighted by atomic mass is 10.1. The third-order valence-corrected chi connectivity index (χ3v) is 3.38. The molecular formula is C16H12BrFO3. The molecule has 0 heterocycles. The molecule has 0 saturated heterocycles. The van der Waals surface area contributed by atoms with Crippen molar-refractivity contribution in [3.8, 4) is 11.5 Å². The number of carboxylic acids is 1. The normalized spacial score (nSPS) is 10.8. The molecule has 0 aliphatic carbocycles. The molecule has 0 atom stereocenters. The van der Waals surface area contributed by atoms with Crippen LogP contribution in [0.1, 0.15) is 11.1 Å². The first-order valence-electron chi connectivity index (χ1n) is 6.10. The van der Waals surface area contributed by atoms with Crippen LogP contribution in [0, 0.1) is 12.7 Å².